The van der Waals surface area contributed by atoms with Gasteiger partial charge in [0.25, 0.3) is 0 Å². The van der Waals surface area contributed by atoms with E-state index in [1.54, 1.807) is 36.4 Å². The molecule has 1 aliphatic heterocycles. The van der Waals surface area contributed by atoms with Crippen molar-refractivity contribution in [1.82, 2.24) is 4.31 Å². The lowest BCUT2D eigenvalue weighted by Crippen LogP contribution is -2.42. The van der Waals surface area contributed by atoms with Gasteiger partial charge in [-0.15, -0.1) is 0 Å². The number of aliphatic hydroxyl groups is 1. The molecule has 0 aliphatic carbocycles. The maximum absolute atomic E-state index is 13.4. The highest BCUT2D eigenvalue weighted by molar-refractivity contribution is 7.89. The van der Waals surface area contributed by atoms with E-state index in [9.17, 15) is 13.5 Å². The van der Waals surface area contributed by atoms with Crippen molar-refractivity contribution in [2.24, 2.45) is 0 Å². The Bertz CT molecular complexity index is 933. The first-order valence-corrected chi connectivity index (χ1v) is 10.8. The summed E-state index contributed by atoms with van der Waals surface area (Å²) in [4.78, 5) is 0.233. The monoisotopic (exact) mass is 421 g/mol. The SMILES string of the molecule is COc1cc([C@@H]2C[C@@H](O)CCN2S(=O)(=O)c2ccc(C)cc2)cc(OC)c1OC. The lowest BCUT2D eigenvalue weighted by atomic mass is 9.95. The molecule has 1 heterocycles. The van der Waals surface area contributed by atoms with Crippen molar-refractivity contribution < 1.29 is 27.7 Å². The van der Waals surface area contributed by atoms with E-state index >= 15 is 0 Å². The molecule has 0 unspecified atom stereocenters. The van der Waals surface area contributed by atoms with Gasteiger partial charge in [-0.05, 0) is 49.6 Å². The molecule has 1 saturated heterocycles. The van der Waals surface area contributed by atoms with E-state index in [0.29, 0.717) is 29.2 Å². The van der Waals surface area contributed by atoms with Crippen LogP contribution in [0.1, 0.15) is 30.0 Å². The second-order valence-electron chi connectivity index (χ2n) is 7.08. The quantitative estimate of drug-likeness (QED) is 0.772. The molecule has 7 nitrogen and oxygen atoms in total. The summed E-state index contributed by atoms with van der Waals surface area (Å²) in [5.41, 5.74) is 1.66. The summed E-state index contributed by atoms with van der Waals surface area (Å²) in [5.74, 6) is 1.31. The van der Waals surface area contributed by atoms with Gasteiger partial charge in [-0.1, -0.05) is 17.7 Å². The second-order valence-corrected chi connectivity index (χ2v) is 8.97. The second kappa shape index (κ2) is 8.61. The maximum atomic E-state index is 13.4. The van der Waals surface area contributed by atoms with Crippen LogP contribution < -0.4 is 14.2 Å². The molecule has 0 amide bonds. The largest absolute Gasteiger partial charge is 0.493 e. The summed E-state index contributed by atoms with van der Waals surface area (Å²) in [6.07, 6.45) is 0.0685. The minimum Gasteiger partial charge on any atom is -0.493 e. The molecule has 0 radical (unpaired) electrons. The Hall–Kier alpha value is -2.29. The fourth-order valence-electron chi connectivity index (χ4n) is 3.65. The predicted molar refractivity (Wildman–Crippen MR) is 109 cm³/mol. The molecule has 2 aromatic rings. The molecule has 3 rings (SSSR count). The lowest BCUT2D eigenvalue weighted by molar-refractivity contribution is 0.0806. The summed E-state index contributed by atoms with van der Waals surface area (Å²) in [6, 6.07) is 9.70. The van der Waals surface area contributed by atoms with Gasteiger partial charge >= 0.3 is 0 Å². The molecule has 1 fully saturated rings. The Labute approximate surface area is 171 Å². The van der Waals surface area contributed by atoms with Gasteiger partial charge in [0.15, 0.2) is 11.5 Å². The third-order valence-corrected chi connectivity index (χ3v) is 7.15. The number of hydrogen-bond acceptors (Lipinski definition) is 6. The predicted octanol–water partition coefficient (Wildman–Crippen LogP) is 2.91. The Kier molecular flexibility index (Phi) is 6.36. The molecule has 0 spiro atoms. The standard InChI is InChI=1S/C21H27NO6S/c1-14-5-7-17(8-6-14)29(24,25)22-10-9-16(23)13-18(22)15-11-19(26-2)21(28-4)20(12-15)27-3/h5-8,11-12,16,18,23H,9-10,13H2,1-4H3/t16-,18-/m0/s1. The minimum absolute atomic E-state index is 0.221. The molecule has 158 valence electrons. The zero-order valence-corrected chi connectivity index (χ0v) is 17.9. The number of ether oxygens (including phenoxy) is 3. The summed E-state index contributed by atoms with van der Waals surface area (Å²) in [7, 11) is 0.790. The highest BCUT2D eigenvalue weighted by Gasteiger charge is 2.38. The molecule has 0 saturated carbocycles. The van der Waals surface area contributed by atoms with E-state index in [1.807, 2.05) is 6.92 Å². The van der Waals surface area contributed by atoms with E-state index in [1.165, 1.54) is 25.6 Å². The smallest absolute Gasteiger partial charge is 0.243 e. The lowest BCUT2D eigenvalue weighted by Gasteiger charge is -2.37. The summed E-state index contributed by atoms with van der Waals surface area (Å²) < 4.78 is 44.4. The van der Waals surface area contributed by atoms with E-state index < -0.39 is 22.2 Å². The van der Waals surface area contributed by atoms with Crippen molar-refractivity contribution >= 4 is 10.0 Å². The highest BCUT2D eigenvalue weighted by Crippen LogP contribution is 2.43. The maximum Gasteiger partial charge on any atom is 0.243 e. The molecular weight excluding hydrogens is 394 g/mol. The number of methoxy groups -OCH3 is 3. The van der Waals surface area contributed by atoms with E-state index in [2.05, 4.69) is 0 Å². The van der Waals surface area contributed by atoms with Crippen molar-refractivity contribution in [3.63, 3.8) is 0 Å². The number of rotatable bonds is 6. The van der Waals surface area contributed by atoms with Gasteiger partial charge in [-0.2, -0.15) is 4.31 Å². The molecule has 1 N–H and O–H groups in total. The molecule has 8 heteroatoms. The molecule has 1 aliphatic rings. The van der Waals surface area contributed by atoms with Gasteiger partial charge in [-0.25, -0.2) is 8.42 Å². The topological polar surface area (TPSA) is 85.3 Å². The van der Waals surface area contributed by atoms with Crippen molar-refractivity contribution in [1.29, 1.82) is 0 Å². The van der Waals surface area contributed by atoms with Crippen LogP contribution in [0.5, 0.6) is 17.2 Å². The number of hydrogen-bond donors (Lipinski definition) is 1. The van der Waals surface area contributed by atoms with E-state index in [-0.39, 0.29) is 17.9 Å². The van der Waals surface area contributed by atoms with Gasteiger partial charge in [0.05, 0.1) is 38.4 Å². The number of aryl methyl sites for hydroxylation is 1. The Morgan fingerprint density at radius 3 is 2.10 bits per heavy atom. The summed E-state index contributed by atoms with van der Waals surface area (Å²) in [6.45, 7) is 2.13. The molecule has 29 heavy (non-hydrogen) atoms. The zero-order chi connectivity index (χ0) is 21.2. The molecule has 0 aromatic heterocycles. The van der Waals surface area contributed by atoms with Crippen LogP contribution in [0.25, 0.3) is 0 Å². The van der Waals surface area contributed by atoms with Crippen molar-refractivity contribution in [3.05, 3.63) is 47.5 Å². The van der Waals surface area contributed by atoms with Gasteiger partial charge in [0.2, 0.25) is 15.8 Å². The third kappa shape index (κ3) is 4.19. The normalized spacial score (nSPS) is 20.3. The van der Waals surface area contributed by atoms with E-state index in [0.717, 1.165) is 5.56 Å². The van der Waals surface area contributed by atoms with Crippen LogP contribution >= 0.6 is 0 Å². The van der Waals surface area contributed by atoms with Crippen LogP contribution in [-0.4, -0.2) is 51.8 Å². The first kappa shape index (κ1) is 21.4. The number of piperidine rings is 1. The average molecular weight is 422 g/mol. The molecular formula is C21H27NO6S. The van der Waals surface area contributed by atoms with Crippen LogP contribution in [0.3, 0.4) is 0 Å². The number of nitrogens with zero attached hydrogens (tertiary/aromatic N) is 1. The van der Waals surface area contributed by atoms with Crippen molar-refractivity contribution in [2.45, 2.75) is 36.8 Å². The van der Waals surface area contributed by atoms with Crippen molar-refractivity contribution in [2.75, 3.05) is 27.9 Å². The first-order valence-electron chi connectivity index (χ1n) is 9.38. The van der Waals surface area contributed by atoms with Gasteiger partial charge in [0.1, 0.15) is 0 Å². The summed E-state index contributed by atoms with van der Waals surface area (Å²) >= 11 is 0. The van der Waals surface area contributed by atoms with Gasteiger partial charge in [0, 0.05) is 6.54 Å². The number of benzene rings is 2. The van der Waals surface area contributed by atoms with Crippen molar-refractivity contribution in [3.8, 4) is 17.2 Å². The average Bonchev–Trinajstić information content (AvgIpc) is 2.72. The van der Waals surface area contributed by atoms with Crippen LogP contribution in [-0.2, 0) is 10.0 Å². The Morgan fingerprint density at radius 2 is 1.59 bits per heavy atom. The fourth-order valence-corrected chi connectivity index (χ4v) is 5.29. The van der Waals surface area contributed by atoms with Crippen LogP contribution in [0.4, 0.5) is 0 Å². The number of aliphatic hydroxyl groups excluding tert-OH is 1. The van der Waals surface area contributed by atoms with Gasteiger partial charge < -0.3 is 19.3 Å². The fraction of sp³-hybridized carbons (Fsp3) is 0.429. The number of sulfonamides is 1. The third-order valence-electron chi connectivity index (χ3n) is 5.23. The molecule has 2 atom stereocenters. The van der Waals surface area contributed by atoms with Gasteiger partial charge in [-0.3, -0.25) is 0 Å². The van der Waals surface area contributed by atoms with E-state index in [4.69, 9.17) is 14.2 Å². The molecule has 2 aromatic carbocycles. The van der Waals surface area contributed by atoms with Crippen LogP contribution in [0.15, 0.2) is 41.3 Å². The Morgan fingerprint density at radius 1 is 1.00 bits per heavy atom. The zero-order valence-electron chi connectivity index (χ0n) is 17.1. The summed E-state index contributed by atoms with van der Waals surface area (Å²) in [5, 5.41) is 10.3. The highest BCUT2D eigenvalue weighted by atomic mass is 32.2. The Balaban J connectivity index is 2.09. The molecule has 0 bridgehead atoms. The van der Waals surface area contributed by atoms with Crippen LogP contribution in [0, 0.1) is 6.92 Å². The minimum atomic E-state index is -3.75. The van der Waals surface area contributed by atoms with Crippen LogP contribution in [0.2, 0.25) is 0 Å². The first-order chi connectivity index (χ1) is 13.8.